The summed E-state index contributed by atoms with van der Waals surface area (Å²) in [4.78, 5) is 5.73. The van der Waals surface area contributed by atoms with Gasteiger partial charge < -0.3 is 0 Å². The lowest BCUT2D eigenvalue weighted by Crippen LogP contribution is -1.90. The number of aromatic nitrogens is 4. The second kappa shape index (κ2) is 6.92. The maximum absolute atomic E-state index is 4.20. The summed E-state index contributed by atoms with van der Waals surface area (Å²) in [6.45, 7) is 9.94. The van der Waals surface area contributed by atoms with Crippen molar-refractivity contribution in [2.45, 2.75) is 34.6 Å². The highest BCUT2D eigenvalue weighted by Crippen LogP contribution is 2.05. The van der Waals surface area contributed by atoms with Gasteiger partial charge in [0.05, 0.1) is 0 Å². The van der Waals surface area contributed by atoms with Gasteiger partial charge in [-0.1, -0.05) is 27.7 Å². The molecule has 0 fully saturated rings. The second-order valence-corrected chi connectivity index (χ2v) is 2.48. The smallest absolute Gasteiger partial charge is 0.202 e. The van der Waals surface area contributed by atoms with Crippen molar-refractivity contribution in [2.24, 2.45) is 7.05 Å². The van der Waals surface area contributed by atoms with Gasteiger partial charge in [-0.2, -0.15) is 9.90 Å². The van der Waals surface area contributed by atoms with Crippen molar-refractivity contribution in [1.82, 2.24) is 20.0 Å². The van der Waals surface area contributed by atoms with E-state index >= 15 is 0 Å². The molecule has 4 nitrogen and oxygen atoms in total. The zero-order chi connectivity index (χ0) is 11.8. The molecule has 0 N–H and O–H groups in total. The number of hydrogen-bond donors (Lipinski definition) is 0. The van der Waals surface area contributed by atoms with E-state index in [1.165, 1.54) is 4.80 Å². The average Bonchev–Trinajstić information content (AvgIpc) is 2.63. The molecule has 2 rings (SSSR count). The van der Waals surface area contributed by atoms with Crippen molar-refractivity contribution >= 4 is 11.2 Å². The van der Waals surface area contributed by atoms with Crippen LogP contribution in [0.25, 0.3) is 11.2 Å². The van der Waals surface area contributed by atoms with Gasteiger partial charge in [0.2, 0.25) is 5.65 Å². The van der Waals surface area contributed by atoms with Crippen molar-refractivity contribution in [3.63, 3.8) is 0 Å². The third-order valence-electron chi connectivity index (χ3n) is 1.49. The highest BCUT2D eigenvalue weighted by atomic mass is 15.5. The van der Waals surface area contributed by atoms with Crippen LogP contribution in [0.2, 0.25) is 0 Å². The van der Waals surface area contributed by atoms with Gasteiger partial charge in [0.15, 0.2) is 0 Å². The van der Waals surface area contributed by atoms with Gasteiger partial charge in [0.1, 0.15) is 5.52 Å². The molecule has 0 saturated heterocycles. The van der Waals surface area contributed by atoms with Gasteiger partial charge in [-0.3, -0.25) is 0 Å². The Hall–Kier alpha value is -1.45. The Morgan fingerprint density at radius 3 is 2.20 bits per heavy atom. The molecule has 0 unspecified atom stereocenters. The van der Waals surface area contributed by atoms with Gasteiger partial charge in [-0.05, 0) is 19.1 Å². The Bertz CT molecular complexity index is 392. The first kappa shape index (κ1) is 13.5. The molecule has 0 aliphatic carbocycles. The summed E-state index contributed by atoms with van der Waals surface area (Å²) < 4.78 is 0. The largest absolute Gasteiger partial charge is 0.230 e. The molecule has 2 heterocycles. The van der Waals surface area contributed by atoms with Crippen LogP contribution in [0.4, 0.5) is 0 Å². The maximum atomic E-state index is 4.20. The minimum Gasteiger partial charge on any atom is -0.230 e. The van der Waals surface area contributed by atoms with E-state index in [2.05, 4.69) is 15.2 Å². The van der Waals surface area contributed by atoms with Crippen LogP contribution in [0.5, 0.6) is 0 Å². The van der Waals surface area contributed by atoms with E-state index in [0.29, 0.717) is 5.65 Å². The molecule has 0 aliphatic rings. The van der Waals surface area contributed by atoms with Crippen molar-refractivity contribution in [2.75, 3.05) is 0 Å². The number of fused-ring (bicyclic) bond motifs is 1. The molecule has 0 spiro atoms. The molecule has 4 heteroatoms. The van der Waals surface area contributed by atoms with E-state index in [1.54, 1.807) is 7.05 Å². The Balaban J connectivity index is 0.000000442. The highest BCUT2D eigenvalue weighted by molar-refractivity contribution is 5.68. The molecule has 0 aromatic carbocycles. The van der Waals surface area contributed by atoms with Gasteiger partial charge in [-0.15, -0.1) is 5.10 Å². The zero-order valence-electron chi connectivity index (χ0n) is 10.4. The fourth-order valence-corrected chi connectivity index (χ4v) is 1.00. The number of nitrogens with zero attached hydrogens (tertiary/aromatic N) is 4. The van der Waals surface area contributed by atoms with E-state index in [4.69, 9.17) is 0 Å². The lowest BCUT2D eigenvalue weighted by atomic mass is 10.4. The van der Waals surface area contributed by atoms with Crippen LogP contribution in [0, 0.1) is 6.92 Å². The third kappa shape index (κ3) is 3.65. The number of hydrogen-bond acceptors (Lipinski definition) is 3. The first-order chi connectivity index (χ1) is 7.25. The van der Waals surface area contributed by atoms with Crippen molar-refractivity contribution < 1.29 is 0 Å². The Morgan fingerprint density at radius 2 is 1.60 bits per heavy atom. The second-order valence-electron chi connectivity index (χ2n) is 2.48. The summed E-state index contributed by atoms with van der Waals surface area (Å²) in [5.74, 6) is 0. The molecule has 15 heavy (non-hydrogen) atoms. The average molecular weight is 208 g/mol. The molecule has 0 saturated carbocycles. The van der Waals surface area contributed by atoms with Gasteiger partial charge in [0.25, 0.3) is 0 Å². The predicted molar refractivity (Wildman–Crippen MR) is 63.7 cm³/mol. The first-order valence-corrected chi connectivity index (χ1v) is 5.40. The molecule has 0 radical (unpaired) electrons. The molecule has 2 aromatic rings. The molecule has 2 aromatic heterocycles. The van der Waals surface area contributed by atoms with E-state index in [9.17, 15) is 0 Å². The molecule has 0 bridgehead atoms. The molecule has 0 aliphatic heterocycles. The number of rotatable bonds is 0. The summed E-state index contributed by atoms with van der Waals surface area (Å²) in [7, 11) is 1.79. The Morgan fingerprint density at radius 1 is 1.00 bits per heavy atom. The lowest BCUT2D eigenvalue weighted by molar-refractivity contribution is 0.663. The van der Waals surface area contributed by atoms with E-state index in [0.717, 1.165) is 11.2 Å². The fraction of sp³-hybridized carbons (Fsp3) is 0.545. The fourth-order valence-electron chi connectivity index (χ4n) is 1.00. The standard InChI is InChI=1S/C7H8N4.2C2H6/c1-5-3-4-6-7(8-5)10-11(2)9-6;2*1-2/h3-4H,1-2H3;2*1-2H3. The van der Waals surface area contributed by atoms with Crippen molar-refractivity contribution in [1.29, 1.82) is 0 Å². The SMILES string of the molecule is CC.CC.Cc1ccc2nn(C)nc2n1. The van der Waals surface area contributed by atoms with Crippen molar-refractivity contribution in [3.8, 4) is 0 Å². The van der Waals surface area contributed by atoms with Crippen LogP contribution < -0.4 is 0 Å². The third-order valence-corrected chi connectivity index (χ3v) is 1.49. The normalized spacial score (nSPS) is 8.67. The summed E-state index contributed by atoms with van der Waals surface area (Å²) >= 11 is 0. The molecule has 0 atom stereocenters. The van der Waals surface area contributed by atoms with E-state index in [-0.39, 0.29) is 0 Å². The predicted octanol–water partition coefficient (Wildman–Crippen LogP) is 2.72. The van der Waals surface area contributed by atoms with Crippen LogP contribution in [0.15, 0.2) is 12.1 Å². The van der Waals surface area contributed by atoms with Crippen LogP contribution in [0.1, 0.15) is 33.4 Å². The maximum Gasteiger partial charge on any atom is 0.202 e. The van der Waals surface area contributed by atoms with E-state index < -0.39 is 0 Å². The van der Waals surface area contributed by atoms with E-state index in [1.807, 2.05) is 46.8 Å². The number of aryl methyl sites for hydroxylation is 2. The van der Waals surface area contributed by atoms with Crippen LogP contribution in [0.3, 0.4) is 0 Å². The van der Waals surface area contributed by atoms with Crippen molar-refractivity contribution in [3.05, 3.63) is 17.8 Å². The summed E-state index contributed by atoms with van der Waals surface area (Å²) in [6, 6.07) is 3.85. The topological polar surface area (TPSA) is 43.6 Å². The van der Waals surface area contributed by atoms with Crippen LogP contribution >= 0.6 is 0 Å². The van der Waals surface area contributed by atoms with Crippen LogP contribution in [-0.4, -0.2) is 20.0 Å². The van der Waals surface area contributed by atoms with Gasteiger partial charge in [-0.25, -0.2) is 4.98 Å². The Kier molecular flexibility index (Phi) is 6.25. The molecular weight excluding hydrogens is 188 g/mol. The summed E-state index contributed by atoms with van der Waals surface area (Å²) in [5, 5.41) is 8.17. The number of pyridine rings is 1. The molecular formula is C11H20N4. The summed E-state index contributed by atoms with van der Waals surface area (Å²) in [6.07, 6.45) is 0. The first-order valence-electron chi connectivity index (χ1n) is 5.40. The molecule has 0 amide bonds. The monoisotopic (exact) mass is 208 g/mol. The zero-order valence-corrected chi connectivity index (χ0v) is 10.4. The Labute approximate surface area is 91.3 Å². The minimum absolute atomic E-state index is 0.715. The lowest BCUT2D eigenvalue weighted by Gasteiger charge is -1.86. The quantitative estimate of drug-likeness (QED) is 0.668. The van der Waals surface area contributed by atoms with Crippen LogP contribution in [-0.2, 0) is 7.05 Å². The summed E-state index contributed by atoms with van der Waals surface area (Å²) in [5.41, 5.74) is 2.53. The minimum atomic E-state index is 0.715. The highest BCUT2D eigenvalue weighted by Gasteiger charge is 1.99. The van der Waals surface area contributed by atoms with Gasteiger partial charge in [0, 0.05) is 12.7 Å². The molecule has 84 valence electrons. The van der Waals surface area contributed by atoms with Gasteiger partial charge >= 0.3 is 0 Å².